The summed E-state index contributed by atoms with van der Waals surface area (Å²) in [5.41, 5.74) is 1.17. The summed E-state index contributed by atoms with van der Waals surface area (Å²) in [5.74, 6) is -0.331. The Bertz CT molecular complexity index is 1460. The molecule has 178 valence electrons. The molecule has 0 spiro atoms. The van der Waals surface area contributed by atoms with Crippen LogP contribution in [0.15, 0.2) is 65.4 Å². The molecule has 0 atom stereocenters. The smallest absolute Gasteiger partial charge is 0.416 e. The van der Waals surface area contributed by atoms with Crippen LogP contribution in [0.1, 0.15) is 16.1 Å². The van der Waals surface area contributed by atoms with Gasteiger partial charge in [0, 0.05) is 17.3 Å². The summed E-state index contributed by atoms with van der Waals surface area (Å²) < 4.78 is 1.66. The Morgan fingerprint density at radius 2 is 1.74 bits per heavy atom. The van der Waals surface area contributed by atoms with Crippen LogP contribution in [0.25, 0.3) is 5.82 Å². The molecule has 0 radical (unpaired) electrons. The quantitative estimate of drug-likeness (QED) is 0.251. The highest BCUT2D eigenvalue weighted by molar-refractivity contribution is 9.10. The number of nitrogens with zero attached hydrogens (tertiary/aromatic N) is 4. The maximum absolute atomic E-state index is 13.4. The van der Waals surface area contributed by atoms with E-state index in [4.69, 9.17) is 34.8 Å². The average molecular weight is 596 g/mol. The van der Waals surface area contributed by atoms with Gasteiger partial charge in [0.05, 0.1) is 27.1 Å². The molecule has 35 heavy (non-hydrogen) atoms. The highest BCUT2D eigenvalue weighted by Crippen LogP contribution is 2.40. The lowest BCUT2D eigenvalue weighted by Gasteiger charge is -2.25. The number of benzene rings is 2. The molecule has 2 N–H and O–H groups in total. The van der Waals surface area contributed by atoms with Crippen molar-refractivity contribution in [3.05, 3.63) is 91.7 Å². The van der Waals surface area contributed by atoms with Gasteiger partial charge in [-0.3, -0.25) is 4.79 Å². The van der Waals surface area contributed by atoms with Crippen LogP contribution in [0.3, 0.4) is 0 Å². The van der Waals surface area contributed by atoms with Gasteiger partial charge in [-0.25, -0.2) is 19.4 Å². The van der Waals surface area contributed by atoms with Gasteiger partial charge in [0.2, 0.25) is 0 Å². The van der Waals surface area contributed by atoms with Gasteiger partial charge in [-0.15, -0.1) is 0 Å². The van der Waals surface area contributed by atoms with Crippen LogP contribution in [-0.2, 0) is 0 Å². The van der Waals surface area contributed by atoms with Crippen molar-refractivity contribution in [2.45, 2.75) is 6.92 Å². The third-order valence-electron chi connectivity index (χ3n) is 4.90. The standard InChI is InChI=1S/C23H15BrCl3N5O3/c1-12-9-13(25)10-17(31(23(34)35)16-7-3-2-5-14(16)26)20(12)29-22(33)18-11-19(24)30-32(18)21-15(27)6-4-8-28-21/h2-11H,1H3,(H,29,33)(H,34,35). The number of nitrogens with one attached hydrogen (secondary N) is 1. The summed E-state index contributed by atoms with van der Waals surface area (Å²) in [4.78, 5) is 30.9. The first-order chi connectivity index (χ1) is 16.7. The molecule has 2 aromatic carbocycles. The predicted octanol–water partition coefficient (Wildman–Crippen LogP) is 7.37. The van der Waals surface area contributed by atoms with Crippen molar-refractivity contribution in [3.63, 3.8) is 0 Å². The number of carboxylic acid groups (broad SMARTS) is 1. The van der Waals surface area contributed by atoms with Gasteiger partial charge >= 0.3 is 6.09 Å². The SMILES string of the molecule is Cc1cc(Cl)cc(N(C(=O)O)c2ccccc2Cl)c1NC(=O)c1cc(Br)nn1-c1ncccc1Cl. The van der Waals surface area contributed by atoms with Crippen molar-refractivity contribution in [1.82, 2.24) is 14.8 Å². The number of amides is 2. The minimum absolute atomic E-state index is 0.109. The van der Waals surface area contributed by atoms with Gasteiger partial charge < -0.3 is 10.4 Å². The first-order valence-corrected chi connectivity index (χ1v) is 11.9. The van der Waals surface area contributed by atoms with Crippen molar-refractivity contribution in [1.29, 1.82) is 0 Å². The molecule has 0 saturated heterocycles. The third-order valence-corrected chi connectivity index (χ3v) is 6.12. The fourth-order valence-corrected chi connectivity index (χ4v) is 4.48. The Balaban J connectivity index is 1.82. The second-order valence-electron chi connectivity index (χ2n) is 7.21. The van der Waals surface area contributed by atoms with Crippen LogP contribution in [-0.4, -0.2) is 31.9 Å². The van der Waals surface area contributed by atoms with Crippen LogP contribution in [0.5, 0.6) is 0 Å². The number of anilines is 3. The molecule has 2 heterocycles. The summed E-state index contributed by atoms with van der Waals surface area (Å²) in [6, 6.07) is 14.3. The number of carbonyl (C=O) groups excluding carboxylic acids is 1. The second-order valence-corrected chi connectivity index (χ2v) is 9.28. The van der Waals surface area contributed by atoms with Gasteiger partial charge in [-0.2, -0.15) is 5.10 Å². The number of hydrogen-bond donors (Lipinski definition) is 2. The minimum Gasteiger partial charge on any atom is -0.464 e. The highest BCUT2D eigenvalue weighted by Gasteiger charge is 2.26. The van der Waals surface area contributed by atoms with E-state index >= 15 is 0 Å². The number of para-hydroxylation sites is 1. The van der Waals surface area contributed by atoms with E-state index in [1.165, 1.54) is 23.0 Å². The molecule has 8 nitrogen and oxygen atoms in total. The molecule has 12 heteroatoms. The van der Waals surface area contributed by atoms with E-state index in [1.807, 2.05) is 0 Å². The zero-order chi connectivity index (χ0) is 25.3. The van der Waals surface area contributed by atoms with Crippen LogP contribution >= 0.6 is 50.7 Å². The predicted molar refractivity (Wildman–Crippen MR) is 140 cm³/mol. The summed E-state index contributed by atoms with van der Waals surface area (Å²) in [5, 5.41) is 17.9. The summed E-state index contributed by atoms with van der Waals surface area (Å²) in [6.07, 6.45) is 0.206. The minimum atomic E-state index is -1.32. The molecule has 0 unspecified atom stereocenters. The number of carbonyl (C=O) groups is 2. The number of aromatic nitrogens is 3. The van der Waals surface area contributed by atoms with E-state index in [9.17, 15) is 14.7 Å². The molecule has 0 aliphatic carbocycles. The first kappa shape index (κ1) is 25.0. The zero-order valence-corrected chi connectivity index (χ0v) is 21.7. The highest BCUT2D eigenvalue weighted by atomic mass is 79.9. The largest absolute Gasteiger partial charge is 0.464 e. The lowest BCUT2D eigenvalue weighted by Crippen LogP contribution is -2.26. The summed E-state index contributed by atoms with van der Waals surface area (Å²) >= 11 is 22.1. The van der Waals surface area contributed by atoms with E-state index in [1.54, 1.807) is 49.4 Å². The van der Waals surface area contributed by atoms with Crippen molar-refractivity contribution < 1.29 is 14.7 Å². The fourth-order valence-electron chi connectivity index (χ4n) is 3.42. The fraction of sp³-hybridized carbons (Fsp3) is 0.0435. The maximum atomic E-state index is 13.4. The second kappa shape index (κ2) is 10.2. The topological polar surface area (TPSA) is 100 Å². The van der Waals surface area contributed by atoms with Gasteiger partial charge in [-0.05, 0) is 64.8 Å². The number of aryl methyl sites for hydroxylation is 1. The van der Waals surface area contributed by atoms with Crippen molar-refractivity contribution in [2.24, 2.45) is 0 Å². The van der Waals surface area contributed by atoms with Crippen LogP contribution in [0, 0.1) is 6.92 Å². The molecule has 4 rings (SSSR count). The van der Waals surface area contributed by atoms with Crippen molar-refractivity contribution in [2.75, 3.05) is 10.2 Å². The summed E-state index contributed by atoms with van der Waals surface area (Å²) in [6.45, 7) is 1.69. The number of hydrogen-bond acceptors (Lipinski definition) is 4. The van der Waals surface area contributed by atoms with E-state index in [-0.39, 0.29) is 43.6 Å². The maximum Gasteiger partial charge on any atom is 0.416 e. The molecule has 2 amide bonds. The number of halogens is 4. The van der Waals surface area contributed by atoms with E-state index in [0.29, 0.717) is 10.2 Å². The van der Waals surface area contributed by atoms with Crippen LogP contribution in [0.4, 0.5) is 21.9 Å². The van der Waals surface area contributed by atoms with Gasteiger partial charge in [0.25, 0.3) is 5.91 Å². The lowest BCUT2D eigenvalue weighted by atomic mass is 10.1. The van der Waals surface area contributed by atoms with E-state index in [0.717, 1.165) is 4.90 Å². The first-order valence-electron chi connectivity index (χ1n) is 9.93. The Morgan fingerprint density at radius 3 is 2.43 bits per heavy atom. The Hall–Kier alpha value is -3.11. The molecule has 4 aromatic rings. The van der Waals surface area contributed by atoms with E-state index < -0.39 is 12.0 Å². The van der Waals surface area contributed by atoms with Gasteiger partial charge in [0.1, 0.15) is 10.3 Å². The van der Waals surface area contributed by atoms with Gasteiger partial charge in [-0.1, -0.05) is 46.9 Å². The Labute approximate surface area is 223 Å². The third kappa shape index (κ3) is 5.13. The molecule has 0 aliphatic rings. The van der Waals surface area contributed by atoms with Crippen molar-refractivity contribution in [3.8, 4) is 5.82 Å². The van der Waals surface area contributed by atoms with Crippen LogP contribution < -0.4 is 10.2 Å². The summed E-state index contributed by atoms with van der Waals surface area (Å²) in [7, 11) is 0. The average Bonchev–Trinajstić information content (AvgIpc) is 3.19. The molecule has 0 saturated carbocycles. The molecule has 0 fully saturated rings. The number of pyridine rings is 1. The van der Waals surface area contributed by atoms with E-state index in [2.05, 4.69) is 31.3 Å². The Morgan fingerprint density at radius 1 is 1.03 bits per heavy atom. The monoisotopic (exact) mass is 593 g/mol. The normalized spacial score (nSPS) is 10.8. The molecular weight excluding hydrogens is 581 g/mol. The lowest BCUT2D eigenvalue weighted by molar-refractivity contribution is 0.101. The molecule has 0 bridgehead atoms. The van der Waals surface area contributed by atoms with Crippen LogP contribution in [0.2, 0.25) is 15.1 Å². The molecule has 2 aromatic heterocycles. The van der Waals surface area contributed by atoms with Gasteiger partial charge in [0.15, 0.2) is 5.82 Å². The molecular formula is C23H15BrCl3N5O3. The zero-order valence-electron chi connectivity index (χ0n) is 17.8. The molecule has 0 aliphatic heterocycles. The Kier molecular flexibility index (Phi) is 7.32. The number of rotatable bonds is 5. The van der Waals surface area contributed by atoms with Crippen molar-refractivity contribution >= 4 is 79.8 Å².